The number of nitrogens with two attached hydrogens (primary N) is 1. The second-order valence-corrected chi connectivity index (χ2v) is 4.28. The fourth-order valence-corrected chi connectivity index (χ4v) is 1.87. The van der Waals surface area contributed by atoms with Gasteiger partial charge in [-0.2, -0.15) is 4.98 Å². The van der Waals surface area contributed by atoms with Gasteiger partial charge in [-0.3, -0.25) is 0 Å². The fourth-order valence-electron chi connectivity index (χ4n) is 1.87. The summed E-state index contributed by atoms with van der Waals surface area (Å²) in [6, 6.07) is 9.94. The van der Waals surface area contributed by atoms with E-state index in [0.717, 1.165) is 17.8 Å². The summed E-state index contributed by atoms with van der Waals surface area (Å²) in [5, 5.41) is 3.28. The van der Waals surface area contributed by atoms with E-state index in [2.05, 4.69) is 21.4 Å². The number of aryl methyl sites for hydroxylation is 1. The monoisotopic (exact) mass is 258 g/mol. The molecule has 5 heteroatoms. The zero-order chi connectivity index (χ0) is 13.7. The van der Waals surface area contributed by atoms with E-state index in [1.165, 1.54) is 5.56 Å². The number of aromatic nitrogens is 2. The van der Waals surface area contributed by atoms with Gasteiger partial charge in [0.05, 0.1) is 6.61 Å². The summed E-state index contributed by atoms with van der Waals surface area (Å²) in [4.78, 5) is 8.23. The number of rotatable bonds is 5. The lowest BCUT2D eigenvalue weighted by Crippen LogP contribution is -2.04. The number of anilines is 3. The van der Waals surface area contributed by atoms with E-state index in [4.69, 9.17) is 10.5 Å². The van der Waals surface area contributed by atoms with Crippen LogP contribution in [-0.2, 0) is 11.2 Å². The lowest BCUT2D eigenvalue weighted by Gasteiger charge is -2.11. The van der Waals surface area contributed by atoms with E-state index in [-0.39, 0.29) is 5.95 Å². The Hall–Kier alpha value is -2.14. The van der Waals surface area contributed by atoms with Crippen LogP contribution in [-0.4, -0.2) is 23.7 Å². The number of para-hydroxylation sites is 1. The Morgan fingerprint density at radius 3 is 2.79 bits per heavy atom. The topological polar surface area (TPSA) is 73.1 Å². The summed E-state index contributed by atoms with van der Waals surface area (Å²) in [6.45, 7) is 2.57. The zero-order valence-corrected chi connectivity index (χ0v) is 11.2. The van der Waals surface area contributed by atoms with Gasteiger partial charge in [0.15, 0.2) is 0 Å². The van der Waals surface area contributed by atoms with Gasteiger partial charge in [-0.15, -0.1) is 0 Å². The van der Waals surface area contributed by atoms with Crippen LogP contribution in [0.15, 0.2) is 30.3 Å². The van der Waals surface area contributed by atoms with Crippen LogP contribution in [0.5, 0.6) is 0 Å². The van der Waals surface area contributed by atoms with Crippen LogP contribution < -0.4 is 11.1 Å². The van der Waals surface area contributed by atoms with Crippen molar-refractivity contribution >= 4 is 17.5 Å². The predicted molar refractivity (Wildman–Crippen MR) is 76.5 cm³/mol. The molecule has 0 saturated carbocycles. The Bertz CT molecular complexity index is 537. The molecule has 0 unspecified atom stereocenters. The number of nitrogens with zero attached hydrogens (tertiary/aromatic N) is 2. The van der Waals surface area contributed by atoms with Gasteiger partial charge in [-0.1, -0.05) is 18.2 Å². The first-order valence-corrected chi connectivity index (χ1v) is 6.14. The predicted octanol–water partition coefficient (Wildman–Crippen LogP) is 2.30. The Balaban J connectivity index is 2.22. The van der Waals surface area contributed by atoms with Crippen LogP contribution in [0.1, 0.15) is 11.3 Å². The third-order valence-electron chi connectivity index (χ3n) is 2.73. The molecule has 2 aromatic rings. The highest BCUT2D eigenvalue weighted by atomic mass is 16.5. The van der Waals surface area contributed by atoms with Crippen molar-refractivity contribution in [3.8, 4) is 0 Å². The Kier molecular flexibility index (Phi) is 4.30. The molecule has 19 heavy (non-hydrogen) atoms. The number of benzene rings is 1. The quantitative estimate of drug-likeness (QED) is 0.861. The SMILES string of the molecule is COCCc1ccccc1Nc1cc(C)nc(N)n1. The minimum Gasteiger partial charge on any atom is -0.384 e. The number of nitrogen functional groups attached to an aromatic ring is 1. The van der Waals surface area contributed by atoms with Crippen LogP contribution in [0.4, 0.5) is 17.5 Å². The smallest absolute Gasteiger partial charge is 0.222 e. The molecule has 0 atom stereocenters. The molecule has 0 saturated heterocycles. The Morgan fingerprint density at radius 1 is 1.26 bits per heavy atom. The van der Waals surface area contributed by atoms with E-state index >= 15 is 0 Å². The van der Waals surface area contributed by atoms with Crippen LogP contribution >= 0.6 is 0 Å². The summed E-state index contributed by atoms with van der Waals surface area (Å²) in [5.74, 6) is 0.978. The van der Waals surface area contributed by atoms with Crippen molar-refractivity contribution in [3.63, 3.8) is 0 Å². The van der Waals surface area contributed by atoms with Gasteiger partial charge >= 0.3 is 0 Å². The highest BCUT2D eigenvalue weighted by Gasteiger charge is 2.04. The number of ether oxygens (including phenoxy) is 1. The number of nitrogens with one attached hydrogen (secondary N) is 1. The molecule has 2 rings (SSSR count). The summed E-state index contributed by atoms with van der Waals surface area (Å²) in [7, 11) is 1.70. The molecule has 3 N–H and O–H groups in total. The minimum atomic E-state index is 0.275. The summed E-state index contributed by atoms with van der Waals surface area (Å²) in [5.41, 5.74) is 8.68. The maximum atomic E-state index is 5.65. The van der Waals surface area contributed by atoms with Crippen LogP contribution in [0, 0.1) is 6.92 Å². The third kappa shape index (κ3) is 3.66. The molecule has 1 aromatic heterocycles. The highest BCUT2D eigenvalue weighted by Crippen LogP contribution is 2.20. The first-order chi connectivity index (χ1) is 9.19. The molecule has 0 fully saturated rings. The third-order valence-corrected chi connectivity index (χ3v) is 2.73. The lowest BCUT2D eigenvalue weighted by atomic mass is 10.1. The van der Waals surface area contributed by atoms with Crippen molar-refractivity contribution in [1.82, 2.24) is 9.97 Å². The van der Waals surface area contributed by atoms with Gasteiger partial charge in [0, 0.05) is 24.6 Å². The molecule has 100 valence electrons. The van der Waals surface area contributed by atoms with Gasteiger partial charge in [-0.25, -0.2) is 4.98 Å². The summed E-state index contributed by atoms with van der Waals surface area (Å²) in [6.07, 6.45) is 0.846. The maximum absolute atomic E-state index is 5.65. The molecule has 1 aromatic carbocycles. The fraction of sp³-hybridized carbons (Fsp3) is 0.286. The van der Waals surface area contributed by atoms with Crippen molar-refractivity contribution in [3.05, 3.63) is 41.6 Å². The van der Waals surface area contributed by atoms with Gasteiger partial charge in [0.1, 0.15) is 5.82 Å². The van der Waals surface area contributed by atoms with Gasteiger partial charge < -0.3 is 15.8 Å². The second kappa shape index (κ2) is 6.15. The molecule has 0 spiro atoms. The van der Waals surface area contributed by atoms with Crippen LogP contribution in [0.25, 0.3) is 0 Å². The molecule has 0 bridgehead atoms. The van der Waals surface area contributed by atoms with E-state index in [1.807, 2.05) is 31.2 Å². The average Bonchev–Trinajstić information content (AvgIpc) is 2.36. The van der Waals surface area contributed by atoms with E-state index < -0.39 is 0 Å². The second-order valence-electron chi connectivity index (χ2n) is 4.28. The van der Waals surface area contributed by atoms with E-state index in [1.54, 1.807) is 7.11 Å². The molecule has 0 radical (unpaired) electrons. The van der Waals surface area contributed by atoms with E-state index in [0.29, 0.717) is 12.4 Å². The Labute approximate surface area is 112 Å². The molecule has 1 heterocycles. The number of hydrogen-bond acceptors (Lipinski definition) is 5. The van der Waals surface area contributed by atoms with Gasteiger partial charge in [-0.05, 0) is 25.0 Å². The molecule has 0 aliphatic heterocycles. The summed E-state index contributed by atoms with van der Waals surface area (Å²) < 4.78 is 5.12. The van der Waals surface area contributed by atoms with Gasteiger partial charge in [0.25, 0.3) is 0 Å². The lowest BCUT2D eigenvalue weighted by molar-refractivity contribution is 0.202. The number of methoxy groups -OCH3 is 1. The van der Waals surface area contributed by atoms with Crippen molar-refractivity contribution in [2.45, 2.75) is 13.3 Å². The van der Waals surface area contributed by atoms with Crippen molar-refractivity contribution in [2.75, 3.05) is 24.8 Å². The minimum absolute atomic E-state index is 0.275. The van der Waals surface area contributed by atoms with Crippen LogP contribution in [0.2, 0.25) is 0 Å². The van der Waals surface area contributed by atoms with Crippen molar-refractivity contribution in [1.29, 1.82) is 0 Å². The highest BCUT2D eigenvalue weighted by molar-refractivity contribution is 5.61. The first-order valence-electron chi connectivity index (χ1n) is 6.14. The van der Waals surface area contributed by atoms with Crippen molar-refractivity contribution < 1.29 is 4.74 Å². The van der Waals surface area contributed by atoms with Crippen molar-refractivity contribution in [2.24, 2.45) is 0 Å². The molecule has 5 nitrogen and oxygen atoms in total. The summed E-state index contributed by atoms with van der Waals surface area (Å²) >= 11 is 0. The first kappa shape index (κ1) is 13.3. The molecule has 0 aliphatic carbocycles. The Morgan fingerprint density at radius 2 is 2.05 bits per heavy atom. The average molecular weight is 258 g/mol. The molecular weight excluding hydrogens is 240 g/mol. The molecule has 0 aliphatic rings. The standard InChI is InChI=1S/C14H18N4O/c1-10-9-13(18-14(15)16-10)17-12-6-4-3-5-11(12)7-8-19-2/h3-6,9H,7-8H2,1-2H3,(H3,15,16,17,18). The normalized spacial score (nSPS) is 10.4. The molecule has 0 amide bonds. The van der Waals surface area contributed by atoms with Crippen LogP contribution in [0.3, 0.4) is 0 Å². The largest absolute Gasteiger partial charge is 0.384 e. The van der Waals surface area contributed by atoms with E-state index in [9.17, 15) is 0 Å². The maximum Gasteiger partial charge on any atom is 0.222 e. The number of hydrogen-bond donors (Lipinski definition) is 2. The molecular formula is C14H18N4O. The zero-order valence-electron chi connectivity index (χ0n) is 11.2. The van der Waals surface area contributed by atoms with Gasteiger partial charge in [0.2, 0.25) is 5.95 Å².